The first kappa shape index (κ1) is 11.3. The van der Waals surface area contributed by atoms with Crippen LogP contribution in [0.2, 0.25) is 0 Å². The van der Waals surface area contributed by atoms with E-state index in [0.717, 1.165) is 6.20 Å². The Morgan fingerprint density at radius 3 is 2.79 bits per heavy atom. The number of carbonyl (C=O) groups is 1. The fourth-order valence-corrected chi connectivity index (χ4v) is 1.51. The average Bonchev–Trinajstić information content (AvgIpc) is 2.01. The zero-order chi connectivity index (χ0) is 10.7. The third kappa shape index (κ3) is 2.86. The first-order valence-electron chi connectivity index (χ1n) is 3.65. The quantitative estimate of drug-likeness (QED) is 0.688. The van der Waals surface area contributed by atoms with Gasteiger partial charge in [0.05, 0.1) is 6.42 Å². The third-order valence-electron chi connectivity index (χ3n) is 1.57. The molecule has 0 aliphatic rings. The fraction of sp³-hybridized carbons (Fsp3) is 0.250. The summed E-state index contributed by atoms with van der Waals surface area (Å²) in [6.07, 6.45) is -2.07. The van der Waals surface area contributed by atoms with Crippen molar-refractivity contribution in [1.82, 2.24) is 4.98 Å². The Morgan fingerprint density at radius 2 is 2.29 bits per heavy atom. The van der Waals surface area contributed by atoms with Crippen molar-refractivity contribution >= 4 is 28.6 Å². The number of carboxylic acid groups (broad SMARTS) is 1. The molecule has 0 aromatic carbocycles. The molecule has 1 N–H and O–H groups in total. The van der Waals surface area contributed by atoms with Crippen molar-refractivity contribution in [2.75, 3.05) is 0 Å². The molecule has 1 heterocycles. The maximum absolute atomic E-state index is 12.4. The number of alkyl halides is 2. The third-order valence-corrected chi connectivity index (χ3v) is 2.16. The summed E-state index contributed by atoms with van der Waals surface area (Å²) in [6.45, 7) is 0. The number of carboxylic acids is 1. The molecule has 0 fully saturated rings. The zero-order valence-electron chi connectivity index (χ0n) is 6.88. The summed E-state index contributed by atoms with van der Waals surface area (Å²) in [4.78, 5) is 14.1. The largest absolute Gasteiger partial charge is 0.481 e. The Balaban J connectivity index is 3.09. The molecule has 0 unspecified atom stereocenters. The molecule has 1 aromatic rings. The lowest BCUT2D eigenvalue weighted by Gasteiger charge is -2.06. The minimum atomic E-state index is -2.69. The van der Waals surface area contributed by atoms with Crippen molar-refractivity contribution in [2.24, 2.45) is 0 Å². The smallest absolute Gasteiger partial charge is 0.307 e. The predicted octanol–water partition coefficient (Wildman–Crippen LogP) is 2.25. The number of aromatic nitrogens is 1. The van der Waals surface area contributed by atoms with Crippen LogP contribution in [0, 0.1) is 3.70 Å². The monoisotopic (exact) mass is 313 g/mol. The molecule has 1 rings (SSSR count). The van der Waals surface area contributed by atoms with Gasteiger partial charge in [0.2, 0.25) is 0 Å². The van der Waals surface area contributed by atoms with Gasteiger partial charge in [0.1, 0.15) is 3.70 Å². The first-order valence-corrected chi connectivity index (χ1v) is 4.73. The number of hydrogen-bond acceptors (Lipinski definition) is 2. The summed E-state index contributed by atoms with van der Waals surface area (Å²) in [7, 11) is 0. The van der Waals surface area contributed by atoms with Crippen LogP contribution in [-0.4, -0.2) is 16.1 Å². The molecule has 0 saturated heterocycles. The second-order valence-electron chi connectivity index (χ2n) is 2.58. The van der Waals surface area contributed by atoms with Crippen LogP contribution in [0.25, 0.3) is 0 Å². The molecule has 6 heteroatoms. The number of pyridine rings is 1. The van der Waals surface area contributed by atoms with Crippen molar-refractivity contribution in [2.45, 2.75) is 12.8 Å². The van der Waals surface area contributed by atoms with E-state index < -0.39 is 18.8 Å². The first-order chi connectivity index (χ1) is 6.50. The highest BCUT2D eigenvalue weighted by Crippen LogP contribution is 2.23. The van der Waals surface area contributed by atoms with Crippen LogP contribution in [0.4, 0.5) is 8.78 Å². The summed E-state index contributed by atoms with van der Waals surface area (Å²) in [5.74, 6) is -1.13. The highest BCUT2D eigenvalue weighted by atomic mass is 127. The minimum absolute atomic E-state index is 0.118. The lowest BCUT2D eigenvalue weighted by molar-refractivity contribution is -0.136. The van der Waals surface area contributed by atoms with E-state index in [-0.39, 0.29) is 11.1 Å². The van der Waals surface area contributed by atoms with E-state index in [4.69, 9.17) is 5.11 Å². The van der Waals surface area contributed by atoms with E-state index in [1.807, 2.05) is 22.6 Å². The van der Waals surface area contributed by atoms with Crippen LogP contribution >= 0.6 is 22.6 Å². The lowest BCUT2D eigenvalue weighted by Crippen LogP contribution is -2.05. The second-order valence-corrected chi connectivity index (χ2v) is 3.68. The maximum Gasteiger partial charge on any atom is 0.307 e. The van der Waals surface area contributed by atoms with Gasteiger partial charge in [-0.25, -0.2) is 13.8 Å². The number of nitrogens with zero attached hydrogens (tertiary/aromatic N) is 1. The Bertz CT molecular complexity index is 357. The van der Waals surface area contributed by atoms with Crippen LogP contribution in [0.15, 0.2) is 12.3 Å². The van der Waals surface area contributed by atoms with E-state index in [0.29, 0.717) is 3.70 Å². The van der Waals surface area contributed by atoms with Crippen LogP contribution < -0.4 is 0 Å². The van der Waals surface area contributed by atoms with Crippen LogP contribution in [0.3, 0.4) is 0 Å². The van der Waals surface area contributed by atoms with Gasteiger partial charge in [-0.3, -0.25) is 4.79 Å². The second kappa shape index (κ2) is 4.63. The Labute approximate surface area is 92.3 Å². The van der Waals surface area contributed by atoms with E-state index in [9.17, 15) is 13.6 Å². The van der Waals surface area contributed by atoms with Gasteiger partial charge in [-0.1, -0.05) is 0 Å². The maximum atomic E-state index is 12.4. The highest BCUT2D eigenvalue weighted by Gasteiger charge is 2.15. The van der Waals surface area contributed by atoms with Crippen molar-refractivity contribution in [1.29, 1.82) is 0 Å². The SMILES string of the molecule is O=C(O)Cc1cc(I)ncc1C(F)F. The standard InChI is InChI=1S/C8H6F2INO2/c9-8(10)5-3-12-6(11)1-4(5)2-7(13)14/h1,3,8H,2H2,(H,13,14). The summed E-state index contributed by atoms with van der Waals surface area (Å²) >= 11 is 1.84. The Kier molecular flexibility index (Phi) is 3.73. The molecule has 0 spiro atoms. The van der Waals surface area contributed by atoms with Gasteiger partial charge in [0, 0.05) is 11.8 Å². The molecular weight excluding hydrogens is 307 g/mol. The Morgan fingerprint density at radius 1 is 1.64 bits per heavy atom. The van der Waals surface area contributed by atoms with Gasteiger partial charge in [-0.15, -0.1) is 0 Å². The molecule has 0 radical (unpaired) electrons. The molecule has 0 aliphatic heterocycles. The van der Waals surface area contributed by atoms with Gasteiger partial charge >= 0.3 is 5.97 Å². The lowest BCUT2D eigenvalue weighted by atomic mass is 10.1. The highest BCUT2D eigenvalue weighted by molar-refractivity contribution is 14.1. The van der Waals surface area contributed by atoms with E-state index >= 15 is 0 Å². The molecule has 0 aliphatic carbocycles. The van der Waals surface area contributed by atoms with Gasteiger partial charge in [0.15, 0.2) is 0 Å². The van der Waals surface area contributed by atoms with E-state index in [2.05, 4.69) is 4.98 Å². The molecule has 0 atom stereocenters. The number of aliphatic carboxylic acids is 1. The van der Waals surface area contributed by atoms with Crippen LogP contribution in [0.5, 0.6) is 0 Å². The fourth-order valence-electron chi connectivity index (χ4n) is 0.991. The van der Waals surface area contributed by atoms with Crippen molar-refractivity contribution in [3.8, 4) is 0 Å². The van der Waals surface area contributed by atoms with Crippen molar-refractivity contribution < 1.29 is 18.7 Å². The predicted molar refractivity (Wildman–Crippen MR) is 53.3 cm³/mol. The summed E-state index contributed by atoms with van der Waals surface area (Å²) < 4.78 is 25.3. The summed E-state index contributed by atoms with van der Waals surface area (Å²) in [5.41, 5.74) is -0.195. The van der Waals surface area contributed by atoms with E-state index in [1.54, 1.807) is 0 Å². The number of rotatable bonds is 3. The normalized spacial score (nSPS) is 10.6. The van der Waals surface area contributed by atoms with Gasteiger partial charge in [-0.05, 0) is 34.2 Å². The molecule has 0 bridgehead atoms. The molecule has 14 heavy (non-hydrogen) atoms. The Hall–Kier alpha value is -0.790. The minimum Gasteiger partial charge on any atom is -0.481 e. The van der Waals surface area contributed by atoms with E-state index in [1.165, 1.54) is 6.07 Å². The van der Waals surface area contributed by atoms with Crippen LogP contribution in [-0.2, 0) is 11.2 Å². The molecule has 1 aromatic heterocycles. The molecule has 0 saturated carbocycles. The topological polar surface area (TPSA) is 50.2 Å². The number of hydrogen-bond donors (Lipinski definition) is 1. The van der Waals surface area contributed by atoms with Gasteiger partial charge < -0.3 is 5.11 Å². The van der Waals surface area contributed by atoms with Crippen LogP contribution in [0.1, 0.15) is 17.6 Å². The van der Waals surface area contributed by atoms with Crippen molar-refractivity contribution in [3.05, 3.63) is 27.1 Å². The van der Waals surface area contributed by atoms with Gasteiger partial charge in [-0.2, -0.15) is 0 Å². The zero-order valence-corrected chi connectivity index (χ0v) is 9.03. The molecular formula is C8H6F2INO2. The average molecular weight is 313 g/mol. The number of halogens is 3. The summed E-state index contributed by atoms with van der Waals surface area (Å²) in [5, 5.41) is 8.50. The van der Waals surface area contributed by atoms with Gasteiger partial charge in [0.25, 0.3) is 6.43 Å². The van der Waals surface area contributed by atoms with Crippen molar-refractivity contribution in [3.63, 3.8) is 0 Å². The molecule has 3 nitrogen and oxygen atoms in total. The summed E-state index contributed by atoms with van der Waals surface area (Å²) in [6, 6.07) is 1.36. The molecule has 0 amide bonds. The molecule has 76 valence electrons.